The van der Waals surface area contributed by atoms with Gasteiger partial charge in [0.15, 0.2) is 5.78 Å². The van der Waals surface area contributed by atoms with E-state index in [9.17, 15) is 22.4 Å². The number of carbonyl (C=O) groups is 1. The van der Waals surface area contributed by atoms with E-state index < -0.39 is 28.9 Å². The van der Waals surface area contributed by atoms with Gasteiger partial charge >= 0.3 is 6.18 Å². The van der Waals surface area contributed by atoms with Gasteiger partial charge in [-0.3, -0.25) is 9.78 Å². The number of benzene rings is 1. The Balaban J connectivity index is 2.40. The fraction of sp³-hybridized carbons (Fsp3) is 0.0769. The van der Waals surface area contributed by atoms with E-state index >= 15 is 0 Å². The Labute approximate surface area is 105 Å². The van der Waals surface area contributed by atoms with Crippen molar-refractivity contribution in [1.82, 2.24) is 4.98 Å². The standard InChI is InChI=1S/C13H7F4NO/c14-11-7-9(13(15,16)17)1-2-10(11)12(19)8-3-5-18-6-4-8/h1-7H. The highest BCUT2D eigenvalue weighted by atomic mass is 19.4. The lowest BCUT2D eigenvalue weighted by Crippen LogP contribution is -2.09. The number of carbonyl (C=O) groups excluding carboxylic acids is 1. The number of rotatable bonds is 2. The molecule has 0 saturated carbocycles. The predicted molar refractivity (Wildman–Crippen MR) is 59.1 cm³/mol. The molecule has 1 aromatic heterocycles. The lowest BCUT2D eigenvalue weighted by atomic mass is 10.0. The van der Waals surface area contributed by atoms with Crippen LogP contribution < -0.4 is 0 Å². The lowest BCUT2D eigenvalue weighted by Gasteiger charge is -2.08. The maximum Gasteiger partial charge on any atom is 0.416 e. The summed E-state index contributed by atoms with van der Waals surface area (Å²) in [7, 11) is 0. The van der Waals surface area contributed by atoms with Crippen molar-refractivity contribution in [2.45, 2.75) is 6.18 Å². The van der Waals surface area contributed by atoms with Gasteiger partial charge in [0.1, 0.15) is 5.82 Å². The molecule has 0 radical (unpaired) electrons. The van der Waals surface area contributed by atoms with Gasteiger partial charge in [-0.25, -0.2) is 4.39 Å². The predicted octanol–water partition coefficient (Wildman–Crippen LogP) is 3.47. The van der Waals surface area contributed by atoms with Gasteiger partial charge in [0.25, 0.3) is 0 Å². The quantitative estimate of drug-likeness (QED) is 0.617. The van der Waals surface area contributed by atoms with Gasteiger partial charge in [-0.05, 0) is 30.3 Å². The summed E-state index contributed by atoms with van der Waals surface area (Å²) in [6, 6.07) is 4.55. The van der Waals surface area contributed by atoms with Crippen molar-refractivity contribution >= 4 is 5.78 Å². The van der Waals surface area contributed by atoms with E-state index in [0.717, 1.165) is 6.07 Å². The van der Waals surface area contributed by atoms with Crippen molar-refractivity contribution in [2.75, 3.05) is 0 Å². The fourth-order valence-electron chi connectivity index (χ4n) is 1.53. The minimum Gasteiger partial charge on any atom is -0.288 e. The summed E-state index contributed by atoms with van der Waals surface area (Å²) < 4.78 is 50.7. The Morgan fingerprint density at radius 1 is 1.05 bits per heavy atom. The molecule has 98 valence electrons. The number of hydrogen-bond acceptors (Lipinski definition) is 2. The van der Waals surface area contributed by atoms with Gasteiger partial charge in [0, 0.05) is 18.0 Å². The van der Waals surface area contributed by atoms with E-state index in [1.54, 1.807) is 0 Å². The molecule has 0 bridgehead atoms. The molecule has 0 fully saturated rings. The number of nitrogens with zero attached hydrogens (tertiary/aromatic N) is 1. The molecule has 0 saturated heterocycles. The third kappa shape index (κ3) is 2.78. The maximum absolute atomic E-state index is 13.6. The first-order chi connectivity index (χ1) is 8.89. The summed E-state index contributed by atoms with van der Waals surface area (Å²) in [5, 5.41) is 0. The number of alkyl halides is 3. The second-order valence-electron chi connectivity index (χ2n) is 3.76. The zero-order valence-electron chi connectivity index (χ0n) is 9.41. The number of halogens is 4. The summed E-state index contributed by atoms with van der Waals surface area (Å²) in [5.41, 5.74) is -1.37. The Morgan fingerprint density at radius 2 is 1.68 bits per heavy atom. The van der Waals surface area contributed by atoms with E-state index in [0.29, 0.717) is 12.1 Å². The van der Waals surface area contributed by atoms with Crippen LogP contribution in [0.1, 0.15) is 21.5 Å². The molecule has 0 aliphatic heterocycles. The average molecular weight is 269 g/mol. The molecular weight excluding hydrogens is 262 g/mol. The molecule has 0 atom stereocenters. The van der Waals surface area contributed by atoms with Crippen LogP contribution in [0.2, 0.25) is 0 Å². The lowest BCUT2D eigenvalue weighted by molar-refractivity contribution is -0.137. The Hall–Kier alpha value is -2.24. The van der Waals surface area contributed by atoms with Gasteiger partial charge in [-0.2, -0.15) is 13.2 Å². The van der Waals surface area contributed by atoms with E-state index in [1.165, 1.54) is 24.5 Å². The Morgan fingerprint density at radius 3 is 2.21 bits per heavy atom. The topological polar surface area (TPSA) is 30.0 Å². The van der Waals surface area contributed by atoms with Crippen LogP contribution in [-0.4, -0.2) is 10.8 Å². The Bertz CT molecular complexity index is 608. The molecule has 2 rings (SSSR count). The molecule has 0 unspecified atom stereocenters. The van der Waals surface area contributed by atoms with Crippen molar-refractivity contribution < 1.29 is 22.4 Å². The van der Waals surface area contributed by atoms with Crippen LogP contribution in [0.25, 0.3) is 0 Å². The molecule has 0 amide bonds. The number of pyridine rings is 1. The molecule has 6 heteroatoms. The summed E-state index contributed by atoms with van der Waals surface area (Å²) in [4.78, 5) is 15.6. The monoisotopic (exact) mass is 269 g/mol. The van der Waals surface area contributed by atoms with Crippen molar-refractivity contribution in [3.63, 3.8) is 0 Å². The van der Waals surface area contributed by atoms with Crippen LogP contribution in [0.5, 0.6) is 0 Å². The zero-order chi connectivity index (χ0) is 14.0. The third-order valence-corrected chi connectivity index (χ3v) is 2.48. The minimum atomic E-state index is -4.64. The molecule has 0 aliphatic rings. The average Bonchev–Trinajstić information content (AvgIpc) is 2.38. The van der Waals surface area contributed by atoms with Crippen LogP contribution in [0, 0.1) is 5.82 Å². The first kappa shape index (κ1) is 13.2. The highest BCUT2D eigenvalue weighted by Gasteiger charge is 2.31. The van der Waals surface area contributed by atoms with Crippen LogP contribution in [0.15, 0.2) is 42.7 Å². The summed E-state index contributed by atoms with van der Waals surface area (Å²) >= 11 is 0. The molecular formula is C13H7F4NO. The molecule has 0 N–H and O–H groups in total. The molecule has 0 aliphatic carbocycles. The Kier molecular flexibility index (Phi) is 3.33. The normalized spacial score (nSPS) is 11.4. The van der Waals surface area contributed by atoms with Crippen molar-refractivity contribution in [3.05, 3.63) is 65.2 Å². The molecule has 0 spiro atoms. The van der Waals surface area contributed by atoms with Gasteiger partial charge in [0.2, 0.25) is 0 Å². The highest BCUT2D eigenvalue weighted by Crippen LogP contribution is 2.30. The summed E-state index contributed by atoms with van der Waals surface area (Å²) in [6.07, 6.45) is -1.95. The van der Waals surface area contributed by atoms with Gasteiger partial charge in [-0.15, -0.1) is 0 Å². The number of aromatic nitrogens is 1. The van der Waals surface area contributed by atoms with Crippen molar-refractivity contribution in [2.24, 2.45) is 0 Å². The van der Waals surface area contributed by atoms with Crippen LogP contribution in [0.3, 0.4) is 0 Å². The first-order valence-corrected chi connectivity index (χ1v) is 5.21. The summed E-state index contributed by atoms with van der Waals surface area (Å²) in [5.74, 6) is -1.88. The third-order valence-electron chi connectivity index (χ3n) is 2.48. The van der Waals surface area contributed by atoms with E-state index in [-0.39, 0.29) is 5.56 Å². The largest absolute Gasteiger partial charge is 0.416 e. The van der Waals surface area contributed by atoms with E-state index in [2.05, 4.69) is 4.98 Å². The van der Waals surface area contributed by atoms with Crippen LogP contribution >= 0.6 is 0 Å². The number of ketones is 1. The SMILES string of the molecule is O=C(c1ccncc1)c1ccc(C(F)(F)F)cc1F. The summed E-state index contributed by atoms with van der Waals surface area (Å²) in [6.45, 7) is 0. The molecule has 2 aromatic rings. The van der Waals surface area contributed by atoms with Gasteiger partial charge < -0.3 is 0 Å². The molecule has 19 heavy (non-hydrogen) atoms. The fourth-order valence-corrected chi connectivity index (χ4v) is 1.53. The van der Waals surface area contributed by atoms with E-state index in [4.69, 9.17) is 0 Å². The second-order valence-corrected chi connectivity index (χ2v) is 3.76. The molecule has 1 heterocycles. The van der Waals surface area contributed by atoms with Crippen molar-refractivity contribution in [3.8, 4) is 0 Å². The number of hydrogen-bond donors (Lipinski definition) is 0. The van der Waals surface area contributed by atoms with Crippen LogP contribution in [0.4, 0.5) is 17.6 Å². The van der Waals surface area contributed by atoms with Gasteiger partial charge in [-0.1, -0.05) is 0 Å². The zero-order valence-corrected chi connectivity index (χ0v) is 9.41. The smallest absolute Gasteiger partial charge is 0.288 e. The maximum atomic E-state index is 13.6. The molecule has 2 nitrogen and oxygen atoms in total. The van der Waals surface area contributed by atoms with Crippen molar-refractivity contribution in [1.29, 1.82) is 0 Å². The second kappa shape index (κ2) is 4.79. The first-order valence-electron chi connectivity index (χ1n) is 5.21. The highest BCUT2D eigenvalue weighted by molar-refractivity contribution is 6.09. The minimum absolute atomic E-state index is 0.161. The van der Waals surface area contributed by atoms with E-state index in [1.807, 2.05) is 0 Å². The van der Waals surface area contributed by atoms with Crippen LogP contribution in [-0.2, 0) is 6.18 Å². The van der Waals surface area contributed by atoms with Gasteiger partial charge in [0.05, 0.1) is 11.1 Å². The molecule has 1 aromatic carbocycles.